The molecule has 1 aliphatic rings. The van der Waals surface area contributed by atoms with Crippen LogP contribution in [0.25, 0.3) is 0 Å². The Kier molecular flexibility index (Phi) is 4.06. The number of thiol groups is 1. The van der Waals surface area contributed by atoms with E-state index in [1.54, 1.807) is 0 Å². The Morgan fingerprint density at radius 3 is 2.92 bits per heavy atom. The molecule has 0 radical (unpaired) electrons. The summed E-state index contributed by atoms with van der Waals surface area (Å²) in [5, 5.41) is 8.75. The van der Waals surface area contributed by atoms with Gasteiger partial charge in [0.25, 0.3) is 0 Å². The normalized spacial score (nSPS) is 25.3. The van der Waals surface area contributed by atoms with Crippen molar-refractivity contribution >= 4 is 18.5 Å². The summed E-state index contributed by atoms with van der Waals surface area (Å²) in [6.07, 6.45) is 1.30. The number of hydrogen-bond donors (Lipinski definition) is 2. The molecule has 4 heteroatoms. The van der Waals surface area contributed by atoms with Crippen molar-refractivity contribution in [1.82, 2.24) is 4.90 Å². The Bertz CT molecular complexity index is 186. The van der Waals surface area contributed by atoms with Crippen molar-refractivity contribution in [3.8, 4) is 0 Å². The van der Waals surface area contributed by atoms with Gasteiger partial charge < -0.3 is 10.0 Å². The first-order valence-corrected chi connectivity index (χ1v) is 5.33. The number of nitrogens with zero attached hydrogens (tertiary/aromatic N) is 1. The van der Waals surface area contributed by atoms with Crippen LogP contribution in [0.2, 0.25) is 0 Å². The molecule has 0 aromatic rings. The first kappa shape index (κ1) is 10.9. The number of rotatable bonds is 4. The Labute approximate surface area is 84.5 Å². The van der Waals surface area contributed by atoms with E-state index in [1.165, 1.54) is 0 Å². The maximum absolute atomic E-state index is 11.5. The Balaban J connectivity index is 2.46. The number of aliphatic hydroxyl groups is 1. The molecule has 0 bridgehead atoms. The molecule has 1 saturated heterocycles. The van der Waals surface area contributed by atoms with E-state index in [4.69, 9.17) is 5.11 Å². The predicted molar refractivity (Wildman–Crippen MR) is 54.8 cm³/mol. The highest BCUT2D eigenvalue weighted by molar-refractivity contribution is 7.80. The summed E-state index contributed by atoms with van der Waals surface area (Å²) >= 11 is 4.19. The van der Waals surface area contributed by atoms with E-state index >= 15 is 0 Å². The highest BCUT2D eigenvalue weighted by atomic mass is 32.1. The average molecular weight is 203 g/mol. The van der Waals surface area contributed by atoms with E-state index in [1.807, 2.05) is 11.8 Å². The van der Waals surface area contributed by atoms with E-state index in [2.05, 4.69) is 12.6 Å². The molecule has 1 amide bonds. The van der Waals surface area contributed by atoms with E-state index in [0.29, 0.717) is 18.8 Å². The fraction of sp³-hybridized carbons (Fsp3) is 0.889. The van der Waals surface area contributed by atoms with Crippen LogP contribution in [0, 0.1) is 5.92 Å². The number of carbonyl (C=O) groups is 1. The maximum atomic E-state index is 11.5. The molecule has 3 nitrogen and oxygen atoms in total. The van der Waals surface area contributed by atoms with Crippen molar-refractivity contribution in [3.63, 3.8) is 0 Å². The third kappa shape index (κ3) is 2.61. The summed E-state index contributed by atoms with van der Waals surface area (Å²) in [6, 6.07) is 0.169. The quantitative estimate of drug-likeness (QED) is 0.655. The molecule has 1 aliphatic heterocycles. The van der Waals surface area contributed by atoms with Gasteiger partial charge in [-0.2, -0.15) is 12.6 Å². The van der Waals surface area contributed by atoms with Gasteiger partial charge >= 0.3 is 0 Å². The van der Waals surface area contributed by atoms with Crippen molar-refractivity contribution < 1.29 is 9.90 Å². The van der Waals surface area contributed by atoms with Crippen LogP contribution in [0.3, 0.4) is 0 Å². The molecule has 76 valence electrons. The van der Waals surface area contributed by atoms with Crippen LogP contribution in [0.1, 0.15) is 19.8 Å². The van der Waals surface area contributed by atoms with Gasteiger partial charge in [-0.1, -0.05) is 0 Å². The second-order valence-electron chi connectivity index (χ2n) is 3.66. The smallest absolute Gasteiger partial charge is 0.223 e. The monoisotopic (exact) mass is 203 g/mol. The third-order valence-corrected chi connectivity index (χ3v) is 3.09. The van der Waals surface area contributed by atoms with E-state index < -0.39 is 0 Å². The van der Waals surface area contributed by atoms with Crippen LogP contribution in [0.15, 0.2) is 0 Å². The van der Waals surface area contributed by atoms with E-state index in [9.17, 15) is 4.79 Å². The van der Waals surface area contributed by atoms with E-state index in [-0.39, 0.29) is 18.6 Å². The van der Waals surface area contributed by atoms with Gasteiger partial charge in [0.1, 0.15) is 0 Å². The van der Waals surface area contributed by atoms with Crippen molar-refractivity contribution in [2.75, 3.05) is 18.9 Å². The summed E-state index contributed by atoms with van der Waals surface area (Å²) < 4.78 is 0. The molecular weight excluding hydrogens is 186 g/mol. The molecule has 0 aromatic carbocycles. The lowest BCUT2D eigenvalue weighted by atomic mass is 10.1. The van der Waals surface area contributed by atoms with Gasteiger partial charge in [0, 0.05) is 25.6 Å². The molecule has 0 aliphatic carbocycles. The molecular formula is C9H17NO2S. The van der Waals surface area contributed by atoms with Crippen molar-refractivity contribution in [1.29, 1.82) is 0 Å². The van der Waals surface area contributed by atoms with Gasteiger partial charge in [0.2, 0.25) is 5.91 Å². The lowest BCUT2D eigenvalue weighted by Crippen LogP contribution is -2.35. The van der Waals surface area contributed by atoms with Gasteiger partial charge in [-0.05, 0) is 25.0 Å². The van der Waals surface area contributed by atoms with Crippen LogP contribution in [-0.4, -0.2) is 40.9 Å². The van der Waals surface area contributed by atoms with Crippen LogP contribution < -0.4 is 0 Å². The molecule has 1 N–H and O–H groups in total. The number of likely N-dealkylation sites (tertiary alicyclic amines) is 1. The van der Waals surface area contributed by atoms with E-state index in [0.717, 1.165) is 12.3 Å². The summed E-state index contributed by atoms with van der Waals surface area (Å²) in [4.78, 5) is 13.3. The fourth-order valence-electron chi connectivity index (χ4n) is 1.70. The first-order valence-electron chi connectivity index (χ1n) is 4.70. The average Bonchev–Trinajstić information content (AvgIpc) is 2.47. The first-order chi connectivity index (χ1) is 6.19. The lowest BCUT2D eigenvalue weighted by molar-refractivity contribution is -0.129. The van der Waals surface area contributed by atoms with Crippen molar-refractivity contribution in [3.05, 3.63) is 0 Å². The zero-order valence-corrected chi connectivity index (χ0v) is 8.83. The molecule has 1 fully saturated rings. The molecule has 2 unspecified atom stereocenters. The summed E-state index contributed by atoms with van der Waals surface area (Å²) in [6.45, 7) is 2.94. The highest BCUT2D eigenvalue weighted by Gasteiger charge is 2.31. The van der Waals surface area contributed by atoms with Crippen LogP contribution in [-0.2, 0) is 4.79 Å². The number of amides is 1. The Hall–Kier alpha value is -0.220. The zero-order valence-electron chi connectivity index (χ0n) is 7.94. The van der Waals surface area contributed by atoms with Crippen molar-refractivity contribution in [2.45, 2.75) is 25.8 Å². The fourth-order valence-corrected chi connectivity index (χ4v) is 1.94. The highest BCUT2D eigenvalue weighted by Crippen LogP contribution is 2.21. The molecule has 0 spiro atoms. The standard InChI is InChI=1S/C9H17NO2S/c1-7(2-3-11)10-5-8(6-13)4-9(10)12/h7-8,11,13H,2-6H2,1H3. The maximum Gasteiger partial charge on any atom is 0.223 e. The van der Waals surface area contributed by atoms with Crippen LogP contribution in [0.5, 0.6) is 0 Å². The molecule has 13 heavy (non-hydrogen) atoms. The minimum Gasteiger partial charge on any atom is -0.396 e. The largest absolute Gasteiger partial charge is 0.396 e. The molecule has 0 aromatic heterocycles. The van der Waals surface area contributed by atoms with Gasteiger partial charge in [0.05, 0.1) is 0 Å². The third-order valence-electron chi connectivity index (χ3n) is 2.58. The summed E-state index contributed by atoms with van der Waals surface area (Å²) in [5.74, 6) is 1.38. The topological polar surface area (TPSA) is 40.5 Å². The van der Waals surface area contributed by atoms with Gasteiger partial charge in [-0.15, -0.1) is 0 Å². The summed E-state index contributed by atoms with van der Waals surface area (Å²) in [7, 11) is 0. The minimum atomic E-state index is 0.149. The Morgan fingerprint density at radius 2 is 2.46 bits per heavy atom. The molecule has 1 heterocycles. The van der Waals surface area contributed by atoms with Gasteiger partial charge in [-0.25, -0.2) is 0 Å². The number of carbonyl (C=O) groups excluding carboxylic acids is 1. The summed E-state index contributed by atoms with van der Waals surface area (Å²) in [5.41, 5.74) is 0. The van der Waals surface area contributed by atoms with Gasteiger partial charge in [0.15, 0.2) is 0 Å². The second-order valence-corrected chi connectivity index (χ2v) is 4.03. The zero-order chi connectivity index (χ0) is 9.84. The second kappa shape index (κ2) is 4.86. The lowest BCUT2D eigenvalue weighted by Gasteiger charge is -2.23. The van der Waals surface area contributed by atoms with Crippen LogP contribution >= 0.6 is 12.6 Å². The van der Waals surface area contributed by atoms with Crippen molar-refractivity contribution in [2.24, 2.45) is 5.92 Å². The molecule has 2 atom stereocenters. The Morgan fingerprint density at radius 1 is 1.77 bits per heavy atom. The number of hydrogen-bond acceptors (Lipinski definition) is 3. The van der Waals surface area contributed by atoms with Gasteiger partial charge in [-0.3, -0.25) is 4.79 Å². The minimum absolute atomic E-state index is 0.149. The number of aliphatic hydroxyl groups excluding tert-OH is 1. The molecule has 1 rings (SSSR count). The predicted octanol–water partition coefficient (Wildman–Crippen LogP) is 0.536. The molecule has 0 saturated carbocycles. The SMILES string of the molecule is CC(CCO)N1CC(CS)CC1=O. The van der Waals surface area contributed by atoms with Crippen LogP contribution in [0.4, 0.5) is 0 Å².